The van der Waals surface area contributed by atoms with Crippen LogP contribution in [-0.4, -0.2) is 93.1 Å². The van der Waals surface area contributed by atoms with E-state index < -0.39 is 6.04 Å². The number of ether oxygens (including phenoxy) is 2. The number of carbonyl (C=O) groups excluding carboxylic acids is 1. The fraction of sp³-hybridized carbons (Fsp3) is 0.560. The van der Waals surface area contributed by atoms with E-state index in [2.05, 4.69) is 35.7 Å². The van der Waals surface area contributed by atoms with Crippen LogP contribution in [0.1, 0.15) is 43.7 Å². The third-order valence-corrected chi connectivity index (χ3v) is 7.48. The lowest BCUT2D eigenvalue weighted by Gasteiger charge is -2.32. The van der Waals surface area contributed by atoms with E-state index >= 15 is 0 Å². The molecule has 1 aliphatic carbocycles. The molecule has 6 rings (SSSR count). The van der Waals surface area contributed by atoms with Gasteiger partial charge in [0.05, 0.1) is 24.1 Å². The van der Waals surface area contributed by atoms with E-state index in [0.717, 1.165) is 44.5 Å². The second-order valence-electron chi connectivity index (χ2n) is 10.1. The fourth-order valence-electron chi connectivity index (χ4n) is 5.09. The van der Waals surface area contributed by atoms with Crippen molar-refractivity contribution in [3.63, 3.8) is 0 Å². The molecule has 0 bridgehead atoms. The summed E-state index contributed by atoms with van der Waals surface area (Å²) in [5.41, 5.74) is 1.04. The molecule has 5 heterocycles. The largest absolute Gasteiger partial charge is 0.381 e. The van der Waals surface area contributed by atoms with Crippen molar-refractivity contribution in [3.05, 3.63) is 30.4 Å². The maximum absolute atomic E-state index is 13.4. The molecule has 2 atom stereocenters. The highest BCUT2D eigenvalue weighted by atomic mass is 16.5. The summed E-state index contributed by atoms with van der Waals surface area (Å²) in [7, 11) is 3.39. The summed E-state index contributed by atoms with van der Waals surface area (Å²) in [6.07, 6.45) is 9.23. The first-order valence-electron chi connectivity index (χ1n) is 13.3. The Hall–Kier alpha value is -3.91. The fourth-order valence-corrected chi connectivity index (χ4v) is 5.09. The molecule has 0 spiro atoms. The Bertz CT molecular complexity index is 1280. The molecule has 2 saturated heterocycles. The third-order valence-electron chi connectivity index (χ3n) is 7.48. The molecule has 3 aromatic rings. The number of anilines is 5. The highest BCUT2D eigenvalue weighted by Gasteiger charge is 2.39. The SMILES string of the molecule is COC1CCN(c2nc(Nc3cc(C4CC4)n[nH]3)nc(N3C[C@@H](OC)C[C@H]3C(=O)Nc3cnccn3)n2)CC1. The van der Waals surface area contributed by atoms with Crippen LogP contribution in [0.5, 0.6) is 0 Å². The average molecular weight is 536 g/mol. The van der Waals surface area contributed by atoms with E-state index in [4.69, 9.17) is 24.4 Å². The van der Waals surface area contributed by atoms with E-state index in [0.29, 0.717) is 48.4 Å². The summed E-state index contributed by atoms with van der Waals surface area (Å²) in [4.78, 5) is 39.9. The minimum atomic E-state index is -0.562. The van der Waals surface area contributed by atoms with E-state index in [1.807, 2.05) is 11.0 Å². The van der Waals surface area contributed by atoms with E-state index in [9.17, 15) is 4.79 Å². The number of H-pyrrole nitrogens is 1. The average Bonchev–Trinajstić information content (AvgIpc) is 3.55. The minimum Gasteiger partial charge on any atom is -0.381 e. The highest BCUT2D eigenvalue weighted by molar-refractivity contribution is 5.96. The van der Waals surface area contributed by atoms with Crippen LogP contribution in [0, 0.1) is 0 Å². The Morgan fingerprint density at radius 1 is 1.03 bits per heavy atom. The van der Waals surface area contributed by atoms with Gasteiger partial charge in [-0.1, -0.05) is 0 Å². The number of hydrogen-bond donors (Lipinski definition) is 3. The van der Waals surface area contributed by atoms with Crippen molar-refractivity contribution in [1.82, 2.24) is 35.1 Å². The van der Waals surface area contributed by atoms with Crippen molar-refractivity contribution >= 4 is 35.4 Å². The Morgan fingerprint density at radius 3 is 2.54 bits per heavy atom. The normalized spacial score (nSPS) is 21.8. The van der Waals surface area contributed by atoms with Gasteiger partial charge in [0, 0.05) is 64.7 Å². The summed E-state index contributed by atoms with van der Waals surface area (Å²) >= 11 is 0. The molecule has 3 N–H and O–H groups in total. The zero-order valence-corrected chi connectivity index (χ0v) is 22.1. The van der Waals surface area contributed by atoms with Crippen molar-refractivity contribution < 1.29 is 14.3 Å². The summed E-state index contributed by atoms with van der Waals surface area (Å²) in [5, 5.41) is 13.6. The number of rotatable bonds is 9. The van der Waals surface area contributed by atoms with Gasteiger partial charge >= 0.3 is 0 Å². The maximum Gasteiger partial charge on any atom is 0.248 e. The minimum absolute atomic E-state index is 0.162. The predicted octanol–water partition coefficient (Wildman–Crippen LogP) is 1.85. The Morgan fingerprint density at radius 2 is 1.82 bits per heavy atom. The summed E-state index contributed by atoms with van der Waals surface area (Å²) in [6.45, 7) is 1.97. The predicted molar refractivity (Wildman–Crippen MR) is 143 cm³/mol. The van der Waals surface area contributed by atoms with Gasteiger partial charge in [-0.3, -0.25) is 14.9 Å². The van der Waals surface area contributed by atoms with Crippen molar-refractivity contribution in [2.75, 3.05) is 54.3 Å². The van der Waals surface area contributed by atoms with Crippen LogP contribution in [0.25, 0.3) is 0 Å². The highest BCUT2D eigenvalue weighted by Crippen LogP contribution is 2.39. The van der Waals surface area contributed by atoms with Crippen LogP contribution in [-0.2, 0) is 14.3 Å². The molecule has 3 aromatic heterocycles. The first-order valence-corrected chi connectivity index (χ1v) is 13.3. The Labute approximate surface area is 226 Å². The molecular weight excluding hydrogens is 502 g/mol. The molecule has 39 heavy (non-hydrogen) atoms. The zero-order chi connectivity index (χ0) is 26.8. The van der Waals surface area contributed by atoms with Gasteiger partial charge in [-0.05, 0) is 25.7 Å². The first-order chi connectivity index (χ1) is 19.1. The van der Waals surface area contributed by atoms with Gasteiger partial charge in [-0.2, -0.15) is 20.1 Å². The monoisotopic (exact) mass is 535 g/mol. The standard InChI is InChI=1S/C25H33N11O3/c1-38-16-5-9-35(10-6-16)24-30-23(29-20-12-18(33-34-20)15-3-4-15)31-25(32-24)36-14-17(39-2)11-19(36)22(37)28-21-13-26-7-8-27-21/h7-8,12-13,15-17,19H,3-6,9-11,14H2,1-2H3,(H,27,28,37)(H2,29,30,31,32,33,34)/t17-,19-/m0/s1. The van der Waals surface area contributed by atoms with Crippen LogP contribution in [0.4, 0.5) is 29.5 Å². The molecule has 0 aromatic carbocycles. The zero-order valence-electron chi connectivity index (χ0n) is 22.1. The van der Waals surface area contributed by atoms with Crippen LogP contribution in [0.3, 0.4) is 0 Å². The van der Waals surface area contributed by atoms with Gasteiger partial charge in [0.2, 0.25) is 23.8 Å². The molecule has 14 heteroatoms. The van der Waals surface area contributed by atoms with Gasteiger partial charge in [-0.15, -0.1) is 0 Å². The third kappa shape index (κ3) is 5.76. The number of nitrogens with zero attached hydrogens (tertiary/aromatic N) is 8. The van der Waals surface area contributed by atoms with Crippen LogP contribution in [0.15, 0.2) is 24.7 Å². The molecular formula is C25H33N11O3. The Balaban J connectivity index is 1.30. The molecule has 1 amide bonds. The number of carbonyl (C=O) groups is 1. The topological polar surface area (TPSA) is 159 Å². The van der Waals surface area contributed by atoms with Crippen LogP contribution < -0.4 is 20.4 Å². The molecule has 2 aliphatic heterocycles. The van der Waals surface area contributed by atoms with Crippen LogP contribution >= 0.6 is 0 Å². The molecule has 14 nitrogen and oxygen atoms in total. The lowest BCUT2D eigenvalue weighted by Crippen LogP contribution is -2.42. The van der Waals surface area contributed by atoms with Crippen molar-refractivity contribution in [2.45, 2.75) is 56.3 Å². The number of aromatic nitrogens is 7. The summed E-state index contributed by atoms with van der Waals surface area (Å²) < 4.78 is 11.2. The van der Waals surface area contributed by atoms with Crippen molar-refractivity contribution in [1.29, 1.82) is 0 Å². The molecule has 1 saturated carbocycles. The lowest BCUT2D eigenvalue weighted by molar-refractivity contribution is -0.117. The van der Waals surface area contributed by atoms with Crippen molar-refractivity contribution in [2.24, 2.45) is 0 Å². The first kappa shape index (κ1) is 25.4. The van der Waals surface area contributed by atoms with Gasteiger partial charge in [-0.25, -0.2) is 4.98 Å². The Kier molecular flexibility index (Phi) is 7.20. The van der Waals surface area contributed by atoms with E-state index in [1.54, 1.807) is 20.4 Å². The van der Waals surface area contributed by atoms with Crippen molar-refractivity contribution in [3.8, 4) is 0 Å². The second kappa shape index (κ2) is 11.1. The molecule has 3 aliphatic rings. The smallest absolute Gasteiger partial charge is 0.248 e. The van der Waals surface area contributed by atoms with Crippen LogP contribution in [0.2, 0.25) is 0 Å². The van der Waals surface area contributed by atoms with Gasteiger partial charge in [0.25, 0.3) is 0 Å². The quantitative estimate of drug-likeness (QED) is 0.365. The number of nitrogens with one attached hydrogen (secondary N) is 3. The number of piperidine rings is 1. The molecule has 206 valence electrons. The van der Waals surface area contributed by atoms with Gasteiger partial charge in [0.15, 0.2) is 5.82 Å². The molecule has 0 unspecified atom stereocenters. The van der Waals surface area contributed by atoms with E-state index in [-0.39, 0.29) is 18.1 Å². The second-order valence-corrected chi connectivity index (χ2v) is 10.1. The number of amides is 1. The molecule has 0 radical (unpaired) electrons. The van der Waals surface area contributed by atoms with Gasteiger partial charge < -0.3 is 29.9 Å². The lowest BCUT2D eigenvalue weighted by atomic mass is 10.1. The molecule has 3 fully saturated rings. The summed E-state index contributed by atoms with van der Waals surface area (Å²) in [5.74, 6) is 2.72. The maximum atomic E-state index is 13.4. The number of methoxy groups -OCH3 is 2. The number of hydrogen-bond acceptors (Lipinski definition) is 12. The van der Waals surface area contributed by atoms with Gasteiger partial charge in [0.1, 0.15) is 11.9 Å². The van der Waals surface area contributed by atoms with E-state index in [1.165, 1.54) is 12.4 Å². The summed E-state index contributed by atoms with van der Waals surface area (Å²) in [6, 6.07) is 1.44. The number of aromatic amines is 1.